The molecule has 4 nitrogen and oxygen atoms in total. The Labute approximate surface area is 96.2 Å². The third-order valence-electron chi connectivity index (χ3n) is 2.13. The number of benzene rings is 1. The van der Waals surface area contributed by atoms with Gasteiger partial charge in [0.15, 0.2) is 11.5 Å². The molecule has 16 heavy (non-hydrogen) atoms. The minimum Gasteiger partial charge on any atom is -0.493 e. The summed E-state index contributed by atoms with van der Waals surface area (Å²) in [6.07, 6.45) is -0.509. The second kappa shape index (κ2) is 7.09. The maximum absolute atomic E-state index is 9.58. The Morgan fingerprint density at radius 2 is 2.00 bits per heavy atom. The summed E-state index contributed by atoms with van der Waals surface area (Å²) in [5.41, 5.74) is 0. The predicted octanol–water partition coefficient (Wildman–Crippen LogP) is 1.04. The number of methoxy groups -OCH3 is 1. The van der Waals surface area contributed by atoms with Crippen LogP contribution in [-0.4, -0.2) is 38.0 Å². The summed E-state index contributed by atoms with van der Waals surface area (Å²) in [5.74, 6) is 1.33. The molecule has 0 bridgehead atoms. The zero-order valence-corrected chi connectivity index (χ0v) is 9.77. The Morgan fingerprint density at radius 1 is 1.31 bits per heavy atom. The Morgan fingerprint density at radius 3 is 2.62 bits per heavy atom. The number of ether oxygens (including phenoxy) is 2. The lowest BCUT2D eigenvalue weighted by Crippen LogP contribution is -2.31. The molecule has 0 radical (unpaired) electrons. The first-order valence-electron chi connectivity index (χ1n) is 5.42. The van der Waals surface area contributed by atoms with Gasteiger partial charge in [-0.1, -0.05) is 19.1 Å². The molecule has 1 atom stereocenters. The van der Waals surface area contributed by atoms with E-state index in [1.807, 2.05) is 31.2 Å². The summed E-state index contributed by atoms with van der Waals surface area (Å²) in [4.78, 5) is 0. The Hall–Kier alpha value is -1.26. The van der Waals surface area contributed by atoms with E-state index < -0.39 is 6.10 Å². The molecule has 0 aliphatic heterocycles. The zero-order valence-electron chi connectivity index (χ0n) is 9.77. The number of aliphatic hydroxyl groups is 1. The fourth-order valence-corrected chi connectivity index (χ4v) is 1.29. The molecule has 0 fully saturated rings. The van der Waals surface area contributed by atoms with E-state index in [2.05, 4.69) is 5.32 Å². The quantitative estimate of drug-likeness (QED) is 0.728. The largest absolute Gasteiger partial charge is 0.493 e. The topological polar surface area (TPSA) is 50.7 Å². The van der Waals surface area contributed by atoms with Crippen LogP contribution in [0.15, 0.2) is 24.3 Å². The number of likely N-dealkylation sites (N-methyl/N-ethyl adjacent to an activating group) is 1. The fourth-order valence-electron chi connectivity index (χ4n) is 1.29. The number of hydrogen-bond acceptors (Lipinski definition) is 4. The summed E-state index contributed by atoms with van der Waals surface area (Å²) in [6, 6.07) is 7.39. The van der Waals surface area contributed by atoms with Crippen molar-refractivity contribution in [2.45, 2.75) is 13.0 Å². The average molecular weight is 225 g/mol. The SMILES string of the molecule is CCNCC(O)COc1ccccc1OC. The molecule has 0 saturated heterocycles. The van der Waals surface area contributed by atoms with Crippen LogP contribution in [0.5, 0.6) is 11.5 Å². The van der Waals surface area contributed by atoms with Crippen molar-refractivity contribution in [1.29, 1.82) is 0 Å². The normalized spacial score (nSPS) is 12.2. The molecule has 0 heterocycles. The van der Waals surface area contributed by atoms with Gasteiger partial charge < -0.3 is 19.9 Å². The minimum absolute atomic E-state index is 0.257. The molecule has 4 heteroatoms. The number of aliphatic hydroxyl groups excluding tert-OH is 1. The lowest BCUT2D eigenvalue weighted by molar-refractivity contribution is 0.105. The molecule has 2 N–H and O–H groups in total. The molecule has 90 valence electrons. The molecule has 0 aromatic heterocycles. The monoisotopic (exact) mass is 225 g/mol. The lowest BCUT2D eigenvalue weighted by Gasteiger charge is -2.14. The molecular weight excluding hydrogens is 206 g/mol. The first-order valence-corrected chi connectivity index (χ1v) is 5.42. The Kier molecular flexibility index (Phi) is 5.67. The second-order valence-corrected chi connectivity index (χ2v) is 3.42. The maximum atomic E-state index is 9.58. The van der Waals surface area contributed by atoms with Gasteiger partial charge in [-0.2, -0.15) is 0 Å². The van der Waals surface area contributed by atoms with Crippen molar-refractivity contribution in [2.24, 2.45) is 0 Å². The summed E-state index contributed by atoms with van der Waals surface area (Å²) in [5, 5.41) is 12.6. The number of nitrogens with one attached hydrogen (secondary N) is 1. The van der Waals surface area contributed by atoms with Crippen LogP contribution in [-0.2, 0) is 0 Å². The smallest absolute Gasteiger partial charge is 0.161 e. The van der Waals surface area contributed by atoms with E-state index in [0.717, 1.165) is 6.54 Å². The van der Waals surface area contributed by atoms with E-state index in [0.29, 0.717) is 18.0 Å². The van der Waals surface area contributed by atoms with Gasteiger partial charge in [-0.3, -0.25) is 0 Å². The molecule has 0 aliphatic rings. The highest BCUT2D eigenvalue weighted by molar-refractivity contribution is 5.39. The molecule has 0 amide bonds. The van der Waals surface area contributed by atoms with Crippen molar-refractivity contribution >= 4 is 0 Å². The lowest BCUT2D eigenvalue weighted by atomic mass is 10.3. The van der Waals surface area contributed by atoms with Gasteiger partial charge in [-0.25, -0.2) is 0 Å². The van der Waals surface area contributed by atoms with Crippen LogP contribution in [0.3, 0.4) is 0 Å². The van der Waals surface area contributed by atoms with Gasteiger partial charge in [0, 0.05) is 6.54 Å². The summed E-state index contributed by atoms with van der Waals surface area (Å²) < 4.78 is 10.6. The molecule has 0 aliphatic carbocycles. The molecule has 1 rings (SSSR count). The van der Waals surface area contributed by atoms with Gasteiger partial charge in [0.25, 0.3) is 0 Å². The van der Waals surface area contributed by atoms with Crippen molar-refractivity contribution in [1.82, 2.24) is 5.32 Å². The molecular formula is C12H19NO3. The minimum atomic E-state index is -0.509. The van der Waals surface area contributed by atoms with E-state index in [-0.39, 0.29) is 6.61 Å². The highest BCUT2D eigenvalue weighted by Crippen LogP contribution is 2.25. The number of rotatable bonds is 7. The van der Waals surface area contributed by atoms with E-state index in [4.69, 9.17) is 9.47 Å². The van der Waals surface area contributed by atoms with Crippen molar-refractivity contribution in [3.63, 3.8) is 0 Å². The van der Waals surface area contributed by atoms with Crippen molar-refractivity contribution < 1.29 is 14.6 Å². The summed E-state index contributed by atoms with van der Waals surface area (Å²) in [6.45, 7) is 3.62. The van der Waals surface area contributed by atoms with Gasteiger partial charge >= 0.3 is 0 Å². The van der Waals surface area contributed by atoms with Crippen LogP contribution in [0.1, 0.15) is 6.92 Å². The Bertz CT molecular complexity index is 304. The first-order chi connectivity index (χ1) is 7.77. The van der Waals surface area contributed by atoms with Crippen molar-refractivity contribution in [3.05, 3.63) is 24.3 Å². The summed E-state index contributed by atoms with van der Waals surface area (Å²) >= 11 is 0. The maximum Gasteiger partial charge on any atom is 0.161 e. The van der Waals surface area contributed by atoms with Crippen molar-refractivity contribution in [3.8, 4) is 11.5 Å². The van der Waals surface area contributed by atoms with Gasteiger partial charge in [0.05, 0.1) is 7.11 Å². The van der Waals surface area contributed by atoms with Gasteiger partial charge in [-0.05, 0) is 18.7 Å². The highest BCUT2D eigenvalue weighted by Gasteiger charge is 2.07. The predicted molar refractivity (Wildman–Crippen MR) is 63.0 cm³/mol. The highest BCUT2D eigenvalue weighted by atomic mass is 16.5. The van der Waals surface area contributed by atoms with Crippen LogP contribution in [0.25, 0.3) is 0 Å². The standard InChI is InChI=1S/C12H19NO3/c1-3-13-8-10(14)9-16-12-7-5-4-6-11(12)15-2/h4-7,10,13-14H,3,8-9H2,1-2H3. The van der Waals surface area contributed by atoms with Crippen LogP contribution in [0.2, 0.25) is 0 Å². The van der Waals surface area contributed by atoms with Crippen LogP contribution in [0, 0.1) is 0 Å². The van der Waals surface area contributed by atoms with E-state index in [1.54, 1.807) is 7.11 Å². The molecule has 0 saturated carbocycles. The first kappa shape index (κ1) is 12.8. The zero-order chi connectivity index (χ0) is 11.8. The Balaban J connectivity index is 2.41. The van der Waals surface area contributed by atoms with E-state index in [9.17, 15) is 5.11 Å². The van der Waals surface area contributed by atoms with Crippen LogP contribution < -0.4 is 14.8 Å². The second-order valence-electron chi connectivity index (χ2n) is 3.42. The number of para-hydroxylation sites is 2. The van der Waals surface area contributed by atoms with Gasteiger partial charge in [0.2, 0.25) is 0 Å². The molecule has 0 spiro atoms. The molecule has 1 unspecified atom stereocenters. The van der Waals surface area contributed by atoms with E-state index in [1.165, 1.54) is 0 Å². The van der Waals surface area contributed by atoms with Crippen LogP contribution in [0.4, 0.5) is 0 Å². The van der Waals surface area contributed by atoms with Gasteiger partial charge in [0.1, 0.15) is 12.7 Å². The number of hydrogen-bond donors (Lipinski definition) is 2. The van der Waals surface area contributed by atoms with Crippen molar-refractivity contribution in [2.75, 3.05) is 26.8 Å². The molecule has 1 aromatic carbocycles. The third-order valence-corrected chi connectivity index (χ3v) is 2.13. The van der Waals surface area contributed by atoms with E-state index >= 15 is 0 Å². The molecule has 1 aromatic rings. The fraction of sp³-hybridized carbons (Fsp3) is 0.500. The van der Waals surface area contributed by atoms with Gasteiger partial charge in [-0.15, -0.1) is 0 Å². The van der Waals surface area contributed by atoms with Crippen LogP contribution >= 0.6 is 0 Å². The average Bonchev–Trinajstić information content (AvgIpc) is 2.34. The third kappa shape index (κ3) is 4.08. The summed E-state index contributed by atoms with van der Waals surface area (Å²) in [7, 11) is 1.59.